The van der Waals surface area contributed by atoms with Crippen molar-refractivity contribution in [2.24, 2.45) is 0 Å². The summed E-state index contributed by atoms with van der Waals surface area (Å²) in [5, 5.41) is 23.4. The number of aliphatic hydroxyl groups excluding tert-OH is 2. The molecule has 1 aromatic carbocycles. The lowest BCUT2D eigenvalue weighted by Gasteiger charge is -2.42. The fraction of sp³-hybridized carbons (Fsp3) is 0.650. The van der Waals surface area contributed by atoms with Crippen molar-refractivity contribution in [1.29, 1.82) is 0 Å². The van der Waals surface area contributed by atoms with E-state index in [2.05, 4.69) is 45.1 Å². The van der Waals surface area contributed by atoms with Gasteiger partial charge in [0.2, 0.25) is 5.91 Å². The average molecular weight is 333 g/mol. The smallest absolute Gasteiger partial charge is 0.216 e. The van der Waals surface area contributed by atoms with Crippen molar-refractivity contribution < 1.29 is 15.0 Å². The second-order valence-corrected chi connectivity index (χ2v) is 8.47. The minimum atomic E-state index is -1.02. The lowest BCUT2D eigenvalue weighted by molar-refractivity contribution is -0.119. The van der Waals surface area contributed by atoms with Crippen LogP contribution < -0.4 is 5.32 Å². The molecule has 2 rings (SSSR count). The number of nitrogens with one attached hydrogen (secondary N) is 1. The number of aliphatic hydroxyl groups is 2. The molecule has 0 radical (unpaired) electrons. The van der Waals surface area contributed by atoms with Crippen LogP contribution >= 0.6 is 0 Å². The summed E-state index contributed by atoms with van der Waals surface area (Å²) in [5.41, 5.74) is 4.49. The van der Waals surface area contributed by atoms with Crippen LogP contribution in [-0.4, -0.2) is 28.8 Å². The Balaban J connectivity index is 2.41. The van der Waals surface area contributed by atoms with E-state index in [4.69, 9.17) is 0 Å². The molecule has 24 heavy (non-hydrogen) atoms. The van der Waals surface area contributed by atoms with E-state index in [0.29, 0.717) is 0 Å². The molecule has 1 aromatic rings. The standard InChI is InChI=1S/C20H31NO3/c1-12-9-15-16(20(5,6)8-7-19(15,3)4)10-14(12)18(24)17(23)11-21-13(2)22/h9-10,17-18,23-24H,7-8,11H2,1-6H3,(H,21,22). The molecule has 134 valence electrons. The van der Waals surface area contributed by atoms with Crippen molar-refractivity contribution in [1.82, 2.24) is 5.32 Å². The van der Waals surface area contributed by atoms with Gasteiger partial charge in [-0.2, -0.15) is 0 Å². The number of benzene rings is 1. The summed E-state index contributed by atoms with van der Waals surface area (Å²) in [5.74, 6) is -0.216. The van der Waals surface area contributed by atoms with Gasteiger partial charge < -0.3 is 15.5 Å². The summed E-state index contributed by atoms with van der Waals surface area (Å²) < 4.78 is 0. The van der Waals surface area contributed by atoms with Gasteiger partial charge in [0.1, 0.15) is 12.2 Å². The molecule has 0 spiro atoms. The molecule has 4 nitrogen and oxygen atoms in total. The summed E-state index contributed by atoms with van der Waals surface area (Å²) in [4.78, 5) is 11.0. The number of hydrogen-bond donors (Lipinski definition) is 3. The van der Waals surface area contributed by atoms with E-state index in [0.717, 1.165) is 24.0 Å². The van der Waals surface area contributed by atoms with Crippen LogP contribution in [0.25, 0.3) is 0 Å². The van der Waals surface area contributed by atoms with Crippen molar-refractivity contribution in [2.75, 3.05) is 6.54 Å². The fourth-order valence-corrected chi connectivity index (χ4v) is 3.62. The third kappa shape index (κ3) is 3.65. The molecule has 0 aromatic heterocycles. The molecule has 0 heterocycles. The molecular weight excluding hydrogens is 302 g/mol. The summed E-state index contributed by atoms with van der Waals surface area (Å²) >= 11 is 0. The van der Waals surface area contributed by atoms with Crippen LogP contribution in [0.2, 0.25) is 0 Å². The van der Waals surface area contributed by atoms with Crippen molar-refractivity contribution in [3.05, 3.63) is 34.4 Å². The molecular formula is C20H31NO3. The zero-order valence-electron chi connectivity index (χ0n) is 15.7. The number of hydrogen-bond acceptors (Lipinski definition) is 3. The Morgan fingerprint density at radius 3 is 2.12 bits per heavy atom. The molecule has 0 saturated heterocycles. The SMILES string of the molecule is CC(=O)NCC(O)C(O)c1cc2c(cc1C)C(C)(C)CCC2(C)C. The van der Waals surface area contributed by atoms with Gasteiger partial charge in [-0.1, -0.05) is 39.8 Å². The maximum Gasteiger partial charge on any atom is 0.216 e. The zero-order chi connectivity index (χ0) is 18.3. The maximum atomic E-state index is 11.0. The minimum absolute atomic E-state index is 0.0436. The molecule has 0 bridgehead atoms. The van der Waals surface area contributed by atoms with Crippen molar-refractivity contribution in [3.63, 3.8) is 0 Å². The van der Waals surface area contributed by atoms with Crippen LogP contribution in [0.5, 0.6) is 0 Å². The summed E-state index contributed by atoms with van der Waals surface area (Å²) in [6, 6.07) is 4.23. The number of fused-ring (bicyclic) bond motifs is 1. The molecule has 0 fully saturated rings. The van der Waals surface area contributed by atoms with Crippen molar-refractivity contribution in [3.8, 4) is 0 Å². The third-order valence-corrected chi connectivity index (χ3v) is 5.48. The van der Waals surface area contributed by atoms with Gasteiger partial charge in [-0.15, -0.1) is 0 Å². The molecule has 1 amide bonds. The molecule has 1 aliphatic rings. The molecule has 0 aliphatic heterocycles. The normalized spacial score (nSPS) is 20.8. The van der Waals surface area contributed by atoms with Gasteiger partial charge in [0.15, 0.2) is 0 Å². The summed E-state index contributed by atoms with van der Waals surface area (Å²) in [7, 11) is 0. The van der Waals surface area contributed by atoms with Crippen LogP contribution in [0.1, 0.15) is 75.8 Å². The first-order valence-electron chi connectivity index (χ1n) is 8.72. The predicted molar refractivity (Wildman–Crippen MR) is 96.1 cm³/mol. The number of amides is 1. The fourth-order valence-electron chi connectivity index (χ4n) is 3.62. The Morgan fingerprint density at radius 1 is 1.12 bits per heavy atom. The largest absolute Gasteiger partial charge is 0.388 e. The first-order valence-corrected chi connectivity index (χ1v) is 8.72. The number of rotatable bonds is 4. The highest BCUT2D eigenvalue weighted by Gasteiger charge is 2.38. The van der Waals surface area contributed by atoms with Gasteiger partial charge in [-0.3, -0.25) is 4.79 Å². The number of aryl methyl sites for hydroxylation is 1. The van der Waals surface area contributed by atoms with E-state index in [9.17, 15) is 15.0 Å². The van der Waals surface area contributed by atoms with Crippen LogP contribution in [-0.2, 0) is 15.6 Å². The van der Waals surface area contributed by atoms with Crippen molar-refractivity contribution >= 4 is 5.91 Å². The highest BCUT2D eigenvalue weighted by Crippen LogP contribution is 2.47. The molecule has 2 atom stereocenters. The lowest BCUT2D eigenvalue weighted by Crippen LogP contribution is -2.36. The molecule has 2 unspecified atom stereocenters. The van der Waals surface area contributed by atoms with Crippen LogP contribution in [0.3, 0.4) is 0 Å². The Morgan fingerprint density at radius 2 is 1.62 bits per heavy atom. The minimum Gasteiger partial charge on any atom is -0.388 e. The van der Waals surface area contributed by atoms with Gasteiger partial charge in [0, 0.05) is 13.5 Å². The molecule has 4 heteroatoms. The topological polar surface area (TPSA) is 69.6 Å². The Hall–Kier alpha value is -1.39. The predicted octanol–water partition coefficient (Wildman–Crippen LogP) is 2.87. The molecule has 1 aliphatic carbocycles. The molecule has 0 saturated carbocycles. The first kappa shape index (κ1) is 18.9. The summed E-state index contributed by atoms with van der Waals surface area (Å²) in [6.45, 7) is 12.4. The van der Waals surface area contributed by atoms with E-state index in [1.165, 1.54) is 18.1 Å². The second-order valence-electron chi connectivity index (χ2n) is 8.47. The second kappa shape index (κ2) is 6.49. The highest BCUT2D eigenvalue weighted by atomic mass is 16.3. The number of carbonyl (C=O) groups excluding carboxylic acids is 1. The van der Waals surface area contributed by atoms with Gasteiger partial charge >= 0.3 is 0 Å². The Bertz CT molecular complexity index is 634. The van der Waals surface area contributed by atoms with E-state index in [1.54, 1.807) is 0 Å². The van der Waals surface area contributed by atoms with E-state index >= 15 is 0 Å². The van der Waals surface area contributed by atoms with Gasteiger partial charge in [-0.05, 0) is 52.8 Å². The van der Waals surface area contributed by atoms with Gasteiger partial charge in [0.25, 0.3) is 0 Å². The first-order chi connectivity index (χ1) is 11.0. The quantitative estimate of drug-likeness (QED) is 0.793. The van der Waals surface area contributed by atoms with Crippen LogP contribution in [0.15, 0.2) is 12.1 Å². The van der Waals surface area contributed by atoms with Gasteiger partial charge in [-0.25, -0.2) is 0 Å². The monoisotopic (exact) mass is 333 g/mol. The van der Waals surface area contributed by atoms with E-state index in [-0.39, 0.29) is 23.3 Å². The Labute approximate surface area is 145 Å². The Kier molecular flexibility index (Phi) is 5.12. The molecule has 3 N–H and O–H groups in total. The summed E-state index contributed by atoms with van der Waals surface area (Å²) in [6.07, 6.45) is 0.202. The highest BCUT2D eigenvalue weighted by molar-refractivity contribution is 5.72. The average Bonchev–Trinajstić information content (AvgIpc) is 2.48. The zero-order valence-corrected chi connectivity index (χ0v) is 15.7. The number of carbonyl (C=O) groups is 1. The maximum absolute atomic E-state index is 11.0. The van der Waals surface area contributed by atoms with Gasteiger partial charge in [0.05, 0.1) is 0 Å². The van der Waals surface area contributed by atoms with Crippen molar-refractivity contribution in [2.45, 2.75) is 77.4 Å². The van der Waals surface area contributed by atoms with Crippen LogP contribution in [0.4, 0.5) is 0 Å². The van der Waals surface area contributed by atoms with Crippen LogP contribution in [0, 0.1) is 6.92 Å². The van der Waals surface area contributed by atoms with E-state index in [1.807, 2.05) is 6.92 Å². The third-order valence-electron chi connectivity index (χ3n) is 5.48. The lowest BCUT2D eigenvalue weighted by atomic mass is 9.62. The van der Waals surface area contributed by atoms with E-state index < -0.39 is 12.2 Å².